The van der Waals surface area contributed by atoms with Crippen LogP contribution in [0, 0.1) is 17.1 Å². The Labute approximate surface area is 172 Å². The van der Waals surface area contributed by atoms with Crippen molar-refractivity contribution >= 4 is 28.2 Å². The molecule has 1 heterocycles. The molecule has 6 nitrogen and oxygen atoms in total. The lowest BCUT2D eigenvalue weighted by molar-refractivity contribution is -0.123. The number of aryl methyl sites for hydroxylation is 1. The summed E-state index contributed by atoms with van der Waals surface area (Å²) >= 11 is 1.41. The minimum Gasteiger partial charge on any atom is -0.494 e. The number of amides is 1. The van der Waals surface area contributed by atoms with Crippen LogP contribution >= 0.6 is 11.3 Å². The number of nitrogens with one attached hydrogen (secondary N) is 1. The molecule has 1 aliphatic carbocycles. The van der Waals surface area contributed by atoms with E-state index in [1.165, 1.54) is 37.5 Å². The lowest BCUT2D eigenvalue weighted by Gasteiger charge is -2.13. The Hall–Kier alpha value is -2.92. The van der Waals surface area contributed by atoms with E-state index in [9.17, 15) is 19.2 Å². The fraction of sp³-hybridized carbons (Fsp3) is 0.381. The molecule has 1 N–H and O–H groups in total. The van der Waals surface area contributed by atoms with E-state index < -0.39 is 23.8 Å². The van der Waals surface area contributed by atoms with Crippen LogP contribution in [-0.2, 0) is 22.4 Å². The highest BCUT2D eigenvalue weighted by Gasteiger charge is 2.24. The molecule has 8 heteroatoms. The molecule has 0 radical (unpaired) electrons. The second kappa shape index (κ2) is 9.05. The van der Waals surface area contributed by atoms with Crippen LogP contribution in [0.1, 0.15) is 52.5 Å². The summed E-state index contributed by atoms with van der Waals surface area (Å²) in [5, 5.41) is 12.7. The van der Waals surface area contributed by atoms with E-state index in [1.807, 2.05) is 0 Å². The zero-order valence-corrected chi connectivity index (χ0v) is 17.0. The summed E-state index contributed by atoms with van der Waals surface area (Å²) < 4.78 is 23.7. The topological polar surface area (TPSA) is 88.4 Å². The van der Waals surface area contributed by atoms with Gasteiger partial charge in [-0.1, -0.05) is 6.42 Å². The van der Waals surface area contributed by atoms with Crippen LogP contribution in [-0.4, -0.2) is 25.1 Å². The number of methoxy groups -OCH3 is 1. The molecular weight excluding hydrogens is 395 g/mol. The van der Waals surface area contributed by atoms with Crippen LogP contribution in [0.25, 0.3) is 0 Å². The molecule has 1 aromatic heterocycles. The molecule has 0 saturated heterocycles. The van der Waals surface area contributed by atoms with Crippen molar-refractivity contribution in [3.05, 3.63) is 45.6 Å². The van der Waals surface area contributed by atoms with Crippen LogP contribution in [0.3, 0.4) is 0 Å². The zero-order valence-electron chi connectivity index (χ0n) is 16.2. The normalized spacial score (nSPS) is 14.1. The predicted molar refractivity (Wildman–Crippen MR) is 107 cm³/mol. The fourth-order valence-electron chi connectivity index (χ4n) is 3.24. The van der Waals surface area contributed by atoms with E-state index >= 15 is 0 Å². The predicted octanol–water partition coefficient (Wildman–Crippen LogP) is 4.22. The third kappa shape index (κ3) is 4.57. The highest BCUT2D eigenvalue weighted by Crippen LogP contribution is 2.37. The van der Waals surface area contributed by atoms with Gasteiger partial charge in [0.15, 0.2) is 17.7 Å². The Morgan fingerprint density at radius 2 is 2.03 bits per heavy atom. The van der Waals surface area contributed by atoms with Crippen LogP contribution < -0.4 is 10.1 Å². The molecule has 1 aliphatic rings. The average molecular weight is 416 g/mol. The summed E-state index contributed by atoms with van der Waals surface area (Å²) in [6, 6.07) is 5.86. The van der Waals surface area contributed by atoms with E-state index in [4.69, 9.17) is 9.47 Å². The van der Waals surface area contributed by atoms with Crippen LogP contribution in [0.5, 0.6) is 5.75 Å². The van der Waals surface area contributed by atoms with Crippen LogP contribution in [0.15, 0.2) is 18.2 Å². The van der Waals surface area contributed by atoms with Gasteiger partial charge in [-0.3, -0.25) is 4.79 Å². The van der Waals surface area contributed by atoms with Crippen molar-refractivity contribution in [1.29, 1.82) is 5.26 Å². The second-order valence-corrected chi connectivity index (χ2v) is 7.87. The van der Waals surface area contributed by atoms with Crippen molar-refractivity contribution in [1.82, 2.24) is 0 Å². The molecule has 152 valence electrons. The van der Waals surface area contributed by atoms with Gasteiger partial charge < -0.3 is 14.8 Å². The van der Waals surface area contributed by atoms with Crippen molar-refractivity contribution in [2.45, 2.75) is 45.1 Å². The van der Waals surface area contributed by atoms with E-state index in [0.29, 0.717) is 10.6 Å². The number of esters is 1. The van der Waals surface area contributed by atoms with Crippen molar-refractivity contribution in [2.24, 2.45) is 0 Å². The quantitative estimate of drug-likeness (QED) is 0.582. The van der Waals surface area contributed by atoms with Crippen LogP contribution in [0.4, 0.5) is 9.39 Å². The van der Waals surface area contributed by atoms with Gasteiger partial charge >= 0.3 is 5.97 Å². The average Bonchev–Trinajstić information content (AvgIpc) is 2.86. The van der Waals surface area contributed by atoms with Crippen molar-refractivity contribution < 1.29 is 23.5 Å². The van der Waals surface area contributed by atoms with Gasteiger partial charge in [0.25, 0.3) is 5.91 Å². The number of carbonyl (C=O) groups is 2. The molecule has 3 rings (SSSR count). The Bertz CT molecular complexity index is 980. The molecule has 0 saturated carbocycles. The first-order valence-electron chi connectivity index (χ1n) is 9.34. The van der Waals surface area contributed by atoms with E-state index in [1.54, 1.807) is 0 Å². The number of rotatable bonds is 5. The van der Waals surface area contributed by atoms with Gasteiger partial charge in [-0.25, -0.2) is 9.18 Å². The summed E-state index contributed by atoms with van der Waals surface area (Å²) in [4.78, 5) is 25.9. The summed E-state index contributed by atoms with van der Waals surface area (Å²) in [7, 11) is 1.32. The minimum atomic E-state index is -1.11. The maximum Gasteiger partial charge on any atom is 0.339 e. The van der Waals surface area contributed by atoms with Crippen molar-refractivity contribution in [2.75, 3.05) is 12.4 Å². The van der Waals surface area contributed by atoms with Gasteiger partial charge in [0.05, 0.1) is 18.2 Å². The second-order valence-electron chi connectivity index (χ2n) is 6.77. The number of fused-ring (bicyclic) bond motifs is 1. The zero-order chi connectivity index (χ0) is 21.0. The summed E-state index contributed by atoms with van der Waals surface area (Å²) in [6.45, 7) is 1.43. The number of hydrogen-bond donors (Lipinski definition) is 1. The van der Waals surface area contributed by atoms with Gasteiger partial charge in [-0.15, -0.1) is 11.3 Å². The number of ether oxygens (including phenoxy) is 2. The Morgan fingerprint density at radius 3 is 2.72 bits per heavy atom. The lowest BCUT2D eigenvalue weighted by Crippen LogP contribution is -2.30. The first-order valence-corrected chi connectivity index (χ1v) is 10.2. The standard InChI is InChI=1S/C21H21FN2O4S/c1-12(28-21(26)13-8-9-17(27-2)16(22)10-13)19(25)24-20-15(11-23)14-6-4-3-5-7-18(14)29-20/h8-10,12H,3-7H2,1-2H3,(H,24,25)/t12-/m0/s1. The third-order valence-corrected chi connectivity index (χ3v) is 6.02. The molecule has 29 heavy (non-hydrogen) atoms. The van der Waals surface area contributed by atoms with E-state index in [-0.39, 0.29) is 11.3 Å². The third-order valence-electron chi connectivity index (χ3n) is 4.81. The van der Waals surface area contributed by atoms with Gasteiger partial charge in [0.1, 0.15) is 11.1 Å². The van der Waals surface area contributed by atoms with Gasteiger partial charge in [-0.05, 0) is 56.4 Å². The molecule has 1 atom stereocenters. The fourth-order valence-corrected chi connectivity index (χ4v) is 4.48. The molecular formula is C21H21FN2O4S. The Balaban J connectivity index is 1.69. The molecule has 0 spiro atoms. The SMILES string of the molecule is COc1ccc(C(=O)O[C@@H](C)C(=O)Nc2sc3c(c2C#N)CCCCC3)cc1F. The minimum absolute atomic E-state index is 0.00818. The molecule has 0 bridgehead atoms. The Kier molecular flexibility index (Phi) is 6.49. The number of anilines is 1. The number of carbonyl (C=O) groups excluding carboxylic acids is 2. The summed E-state index contributed by atoms with van der Waals surface area (Å²) in [5.74, 6) is -2.05. The first kappa shape index (κ1) is 20.8. The summed E-state index contributed by atoms with van der Waals surface area (Å²) in [6.07, 6.45) is 3.85. The number of thiophene rings is 1. The number of hydrogen-bond acceptors (Lipinski definition) is 6. The largest absolute Gasteiger partial charge is 0.494 e. The maximum atomic E-state index is 13.8. The molecule has 1 amide bonds. The van der Waals surface area contributed by atoms with Gasteiger partial charge in [-0.2, -0.15) is 5.26 Å². The number of halogens is 1. The van der Waals surface area contributed by atoms with Gasteiger partial charge in [0, 0.05) is 4.88 Å². The van der Waals surface area contributed by atoms with Crippen molar-refractivity contribution in [3.63, 3.8) is 0 Å². The Morgan fingerprint density at radius 1 is 1.28 bits per heavy atom. The summed E-state index contributed by atoms with van der Waals surface area (Å²) in [5.41, 5.74) is 1.49. The van der Waals surface area contributed by atoms with Crippen LogP contribution in [0.2, 0.25) is 0 Å². The molecule has 2 aromatic rings. The molecule has 1 aromatic carbocycles. The van der Waals surface area contributed by atoms with E-state index in [0.717, 1.165) is 48.6 Å². The first-order chi connectivity index (χ1) is 13.9. The molecule has 0 fully saturated rings. The smallest absolute Gasteiger partial charge is 0.339 e. The number of benzene rings is 1. The van der Waals surface area contributed by atoms with Crippen molar-refractivity contribution in [3.8, 4) is 11.8 Å². The maximum absolute atomic E-state index is 13.8. The molecule has 0 aliphatic heterocycles. The number of nitrogens with zero attached hydrogens (tertiary/aromatic N) is 1. The van der Waals surface area contributed by atoms with Gasteiger partial charge in [0.2, 0.25) is 0 Å². The highest BCUT2D eigenvalue weighted by molar-refractivity contribution is 7.16. The monoisotopic (exact) mass is 416 g/mol. The molecule has 0 unspecified atom stereocenters. The highest BCUT2D eigenvalue weighted by atomic mass is 32.1. The number of nitriles is 1. The van der Waals surface area contributed by atoms with E-state index in [2.05, 4.69) is 11.4 Å². The lowest BCUT2D eigenvalue weighted by atomic mass is 10.1.